The van der Waals surface area contributed by atoms with Crippen LogP contribution in [0.5, 0.6) is 0 Å². The Morgan fingerprint density at radius 2 is 2.05 bits per heavy atom. The summed E-state index contributed by atoms with van der Waals surface area (Å²) in [6, 6.07) is 1.60. The predicted octanol–water partition coefficient (Wildman–Crippen LogP) is 2.34. The number of ether oxygens (including phenoxy) is 1. The first kappa shape index (κ1) is 16.4. The Hall–Kier alpha value is -1.69. The zero-order chi connectivity index (χ0) is 15.1. The molecule has 1 aromatic rings. The molecule has 1 aromatic carbocycles. The highest BCUT2D eigenvalue weighted by Crippen LogP contribution is 2.16. The van der Waals surface area contributed by atoms with Gasteiger partial charge in [-0.25, -0.2) is 8.78 Å². The molecule has 0 aromatic heterocycles. The summed E-state index contributed by atoms with van der Waals surface area (Å²) in [4.78, 5) is 11.7. The number of anilines is 1. The van der Waals surface area contributed by atoms with Crippen molar-refractivity contribution < 1.29 is 18.3 Å². The lowest BCUT2D eigenvalue weighted by Crippen LogP contribution is -2.26. The van der Waals surface area contributed by atoms with Crippen molar-refractivity contribution in [2.24, 2.45) is 5.92 Å². The van der Waals surface area contributed by atoms with Crippen molar-refractivity contribution in [1.29, 1.82) is 0 Å². The van der Waals surface area contributed by atoms with E-state index in [-0.39, 0.29) is 11.3 Å². The Labute approximate surface area is 117 Å². The van der Waals surface area contributed by atoms with Gasteiger partial charge in [0.2, 0.25) is 0 Å². The highest BCUT2D eigenvalue weighted by Gasteiger charge is 2.14. The lowest BCUT2D eigenvalue weighted by Gasteiger charge is -2.09. The van der Waals surface area contributed by atoms with Crippen LogP contribution in [0.3, 0.4) is 0 Å². The molecular formula is C14H20F2N2O2. The number of benzene rings is 1. The lowest BCUT2D eigenvalue weighted by atomic mass is 10.1. The standard InChI is InChI=1S/C14H20F2N2O2/c1-9(2)8-20-5-3-4-18-14(19)10-6-13(17)12(16)7-11(10)15/h6-7,9H,3-5,8,17H2,1-2H3,(H,18,19). The molecule has 0 atom stereocenters. The van der Waals surface area contributed by atoms with E-state index in [0.29, 0.717) is 38.2 Å². The SMILES string of the molecule is CC(C)COCCCNC(=O)c1cc(N)c(F)cc1F. The smallest absolute Gasteiger partial charge is 0.254 e. The Balaban J connectivity index is 2.38. The molecule has 0 spiro atoms. The number of amides is 1. The molecule has 0 saturated heterocycles. The first-order valence-electron chi connectivity index (χ1n) is 6.52. The molecule has 3 N–H and O–H groups in total. The first-order valence-corrected chi connectivity index (χ1v) is 6.52. The van der Waals surface area contributed by atoms with Gasteiger partial charge >= 0.3 is 0 Å². The molecule has 0 heterocycles. The molecule has 6 heteroatoms. The number of nitrogens with one attached hydrogen (secondary N) is 1. The van der Waals surface area contributed by atoms with E-state index < -0.39 is 17.5 Å². The van der Waals surface area contributed by atoms with Crippen LogP contribution in [0.25, 0.3) is 0 Å². The minimum atomic E-state index is -0.926. The van der Waals surface area contributed by atoms with E-state index in [0.717, 1.165) is 6.07 Å². The van der Waals surface area contributed by atoms with E-state index in [2.05, 4.69) is 5.32 Å². The van der Waals surface area contributed by atoms with Crippen LogP contribution in [0.1, 0.15) is 30.6 Å². The number of halogens is 2. The Morgan fingerprint density at radius 1 is 1.35 bits per heavy atom. The van der Waals surface area contributed by atoms with E-state index in [1.165, 1.54) is 0 Å². The summed E-state index contributed by atoms with van der Waals surface area (Å²) in [5.74, 6) is -1.95. The van der Waals surface area contributed by atoms with Crippen LogP contribution >= 0.6 is 0 Å². The van der Waals surface area contributed by atoms with Gasteiger partial charge in [-0.2, -0.15) is 0 Å². The van der Waals surface area contributed by atoms with Gasteiger partial charge in [-0.3, -0.25) is 4.79 Å². The maximum atomic E-state index is 13.4. The minimum Gasteiger partial charge on any atom is -0.396 e. The van der Waals surface area contributed by atoms with Crippen molar-refractivity contribution in [3.05, 3.63) is 29.3 Å². The molecule has 0 aliphatic carbocycles. The third kappa shape index (κ3) is 5.13. The second-order valence-electron chi connectivity index (χ2n) is 4.93. The highest BCUT2D eigenvalue weighted by atomic mass is 19.1. The fourth-order valence-electron chi connectivity index (χ4n) is 1.53. The van der Waals surface area contributed by atoms with Crippen LogP contribution in [-0.4, -0.2) is 25.7 Å². The number of hydrogen-bond acceptors (Lipinski definition) is 3. The summed E-state index contributed by atoms with van der Waals surface area (Å²) in [6.45, 7) is 5.63. The number of hydrogen-bond donors (Lipinski definition) is 2. The molecule has 0 aliphatic rings. The highest BCUT2D eigenvalue weighted by molar-refractivity contribution is 5.95. The number of carbonyl (C=O) groups is 1. The van der Waals surface area contributed by atoms with Gasteiger partial charge in [0.1, 0.15) is 11.6 Å². The fraction of sp³-hybridized carbons (Fsp3) is 0.500. The summed E-state index contributed by atoms with van der Waals surface area (Å²) in [6.07, 6.45) is 0.622. The molecular weight excluding hydrogens is 266 g/mol. The molecule has 1 rings (SSSR count). The summed E-state index contributed by atoms with van der Waals surface area (Å²) in [5.41, 5.74) is 4.80. The molecule has 4 nitrogen and oxygen atoms in total. The van der Waals surface area contributed by atoms with E-state index in [1.54, 1.807) is 0 Å². The van der Waals surface area contributed by atoms with Gasteiger partial charge < -0.3 is 15.8 Å². The van der Waals surface area contributed by atoms with Crippen molar-refractivity contribution in [3.8, 4) is 0 Å². The third-order valence-electron chi connectivity index (χ3n) is 2.53. The van der Waals surface area contributed by atoms with Crippen molar-refractivity contribution in [3.63, 3.8) is 0 Å². The van der Waals surface area contributed by atoms with E-state index >= 15 is 0 Å². The van der Waals surface area contributed by atoms with Gasteiger partial charge in [0.05, 0.1) is 11.3 Å². The van der Waals surface area contributed by atoms with Crippen molar-refractivity contribution >= 4 is 11.6 Å². The van der Waals surface area contributed by atoms with Crippen molar-refractivity contribution in [2.45, 2.75) is 20.3 Å². The third-order valence-corrected chi connectivity index (χ3v) is 2.53. The van der Waals surface area contributed by atoms with Crippen LogP contribution in [0.4, 0.5) is 14.5 Å². The number of nitrogen functional groups attached to an aromatic ring is 1. The predicted molar refractivity (Wildman–Crippen MR) is 73.4 cm³/mol. The Kier molecular flexibility index (Phi) is 6.38. The van der Waals surface area contributed by atoms with Gasteiger partial charge in [-0.1, -0.05) is 13.8 Å². The molecule has 0 bridgehead atoms. The van der Waals surface area contributed by atoms with Crippen molar-refractivity contribution in [2.75, 3.05) is 25.5 Å². The fourth-order valence-corrected chi connectivity index (χ4v) is 1.53. The number of rotatable bonds is 7. The van der Waals surface area contributed by atoms with Crippen LogP contribution in [-0.2, 0) is 4.74 Å². The molecule has 1 amide bonds. The van der Waals surface area contributed by atoms with Crippen LogP contribution in [0.15, 0.2) is 12.1 Å². The molecule has 20 heavy (non-hydrogen) atoms. The number of carbonyl (C=O) groups excluding carboxylic acids is 1. The lowest BCUT2D eigenvalue weighted by molar-refractivity contribution is 0.0921. The maximum Gasteiger partial charge on any atom is 0.254 e. The molecule has 0 aliphatic heterocycles. The van der Waals surface area contributed by atoms with Crippen LogP contribution in [0, 0.1) is 17.6 Å². The zero-order valence-corrected chi connectivity index (χ0v) is 11.7. The Morgan fingerprint density at radius 3 is 2.70 bits per heavy atom. The molecule has 112 valence electrons. The summed E-state index contributed by atoms with van der Waals surface area (Å²) in [5, 5.41) is 2.54. The average molecular weight is 286 g/mol. The summed E-state index contributed by atoms with van der Waals surface area (Å²) < 4.78 is 31.7. The van der Waals surface area contributed by atoms with E-state index in [9.17, 15) is 13.6 Å². The maximum absolute atomic E-state index is 13.4. The minimum absolute atomic E-state index is 0.253. The topological polar surface area (TPSA) is 64.3 Å². The second kappa shape index (κ2) is 7.79. The summed E-state index contributed by atoms with van der Waals surface area (Å²) in [7, 11) is 0. The number of nitrogens with two attached hydrogens (primary N) is 1. The van der Waals surface area contributed by atoms with Gasteiger partial charge in [0.25, 0.3) is 5.91 Å². The van der Waals surface area contributed by atoms with Gasteiger partial charge in [-0.15, -0.1) is 0 Å². The Bertz CT molecular complexity index is 465. The zero-order valence-electron chi connectivity index (χ0n) is 11.7. The van der Waals surface area contributed by atoms with E-state index in [1.807, 2.05) is 13.8 Å². The van der Waals surface area contributed by atoms with Crippen molar-refractivity contribution in [1.82, 2.24) is 5.32 Å². The molecule has 0 fully saturated rings. The quantitative estimate of drug-likeness (QED) is 0.597. The monoisotopic (exact) mass is 286 g/mol. The van der Waals surface area contributed by atoms with Gasteiger partial charge in [0.15, 0.2) is 0 Å². The van der Waals surface area contributed by atoms with Crippen LogP contribution in [0.2, 0.25) is 0 Å². The van der Waals surface area contributed by atoms with Crippen LogP contribution < -0.4 is 11.1 Å². The molecule has 0 unspecified atom stereocenters. The first-order chi connectivity index (χ1) is 9.41. The second-order valence-corrected chi connectivity index (χ2v) is 4.93. The average Bonchev–Trinajstić information content (AvgIpc) is 2.37. The largest absolute Gasteiger partial charge is 0.396 e. The molecule has 0 saturated carbocycles. The summed E-state index contributed by atoms with van der Waals surface area (Å²) >= 11 is 0. The molecule has 0 radical (unpaired) electrons. The van der Waals surface area contributed by atoms with E-state index in [4.69, 9.17) is 10.5 Å². The van der Waals surface area contributed by atoms with Gasteiger partial charge in [-0.05, 0) is 18.4 Å². The normalized spacial score (nSPS) is 10.8. The van der Waals surface area contributed by atoms with Gasteiger partial charge in [0, 0.05) is 25.8 Å².